The van der Waals surface area contributed by atoms with Crippen LogP contribution in [-0.2, 0) is 14.8 Å². The monoisotopic (exact) mass is 344 g/mol. The third-order valence-corrected chi connectivity index (χ3v) is 5.25. The molecule has 0 saturated heterocycles. The second-order valence-electron chi connectivity index (χ2n) is 5.23. The second-order valence-corrected chi connectivity index (χ2v) is 7.01. The van der Waals surface area contributed by atoms with Crippen LogP contribution in [0.25, 0.3) is 11.0 Å². The van der Waals surface area contributed by atoms with Crippen molar-refractivity contribution in [1.29, 1.82) is 0 Å². The number of hydrogen-bond acceptors (Lipinski definition) is 5. The number of fused-ring (bicyclic) bond motifs is 1. The Balaban J connectivity index is 2.29. The zero-order valence-corrected chi connectivity index (χ0v) is 14.1. The number of imidazole rings is 1. The van der Waals surface area contributed by atoms with Gasteiger partial charge in [0.05, 0.1) is 22.5 Å². The van der Waals surface area contributed by atoms with Crippen LogP contribution < -0.4 is 0 Å². The van der Waals surface area contributed by atoms with E-state index in [1.165, 1.54) is 12.1 Å². The highest BCUT2D eigenvalue weighted by Gasteiger charge is 2.28. The maximum absolute atomic E-state index is 13.1. The zero-order chi connectivity index (χ0) is 17.3. The maximum Gasteiger partial charge on any atom is 0.375 e. The molecule has 24 heavy (non-hydrogen) atoms. The second kappa shape index (κ2) is 6.09. The van der Waals surface area contributed by atoms with Crippen LogP contribution in [-0.4, -0.2) is 30.0 Å². The van der Waals surface area contributed by atoms with Gasteiger partial charge in [0.25, 0.3) is 10.0 Å². The summed E-state index contributed by atoms with van der Waals surface area (Å²) in [5, 5.41) is 0. The lowest BCUT2D eigenvalue weighted by molar-refractivity contribution is 0.0511. The summed E-state index contributed by atoms with van der Waals surface area (Å²) in [4.78, 5) is 16.4. The summed E-state index contributed by atoms with van der Waals surface area (Å²) in [6, 6.07) is 13.1. The average molecular weight is 344 g/mol. The molecule has 0 amide bonds. The van der Waals surface area contributed by atoms with Gasteiger partial charge in [-0.3, -0.25) is 0 Å². The molecular weight excluding hydrogens is 328 g/mol. The van der Waals surface area contributed by atoms with Crippen molar-refractivity contribution in [2.45, 2.75) is 18.7 Å². The van der Waals surface area contributed by atoms with E-state index in [1.807, 2.05) is 6.92 Å². The van der Waals surface area contributed by atoms with Crippen LogP contribution in [0.2, 0.25) is 0 Å². The maximum atomic E-state index is 13.1. The van der Waals surface area contributed by atoms with Crippen LogP contribution in [0.3, 0.4) is 0 Å². The highest BCUT2D eigenvalue weighted by atomic mass is 32.2. The van der Waals surface area contributed by atoms with Crippen LogP contribution in [0.4, 0.5) is 0 Å². The van der Waals surface area contributed by atoms with Crippen molar-refractivity contribution in [2.75, 3.05) is 6.61 Å². The summed E-state index contributed by atoms with van der Waals surface area (Å²) >= 11 is 0. The Kier molecular flexibility index (Phi) is 4.11. The van der Waals surface area contributed by atoms with E-state index in [0.29, 0.717) is 11.0 Å². The number of esters is 1. The number of benzene rings is 2. The van der Waals surface area contributed by atoms with E-state index in [2.05, 4.69) is 4.98 Å². The summed E-state index contributed by atoms with van der Waals surface area (Å²) < 4.78 is 32.0. The van der Waals surface area contributed by atoms with Gasteiger partial charge in [-0.1, -0.05) is 29.8 Å². The summed E-state index contributed by atoms with van der Waals surface area (Å²) in [6.45, 7) is 3.65. The molecule has 0 saturated carbocycles. The van der Waals surface area contributed by atoms with Crippen molar-refractivity contribution in [3.63, 3.8) is 0 Å². The molecule has 0 aliphatic rings. The molecule has 0 radical (unpaired) electrons. The number of ether oxygens (including phenoxy) is 1. The molecule has 0 spiro atoms. The molecule has 0 atom stereocenters. The Morgan fingerprint density at radius 2 is 1.79 bits per heavy atom. The highest BCUT2D eigenvalue weighted by molar-refractivity contribution is 7.90. The average Bonchev–Trinajstić information content (AvgIpc) is 2.96. The van der Waals surface area contributed by atoms with E-state index in [4.69, 9.17) is 4.74 Å². The normalized spacial score (nSPS) is 11.6. The predicted octanol–water partition coefficient (Wildman–Crippen LogP) is 2.76. The minimum atomic E-state index is -3.98. The number of carbonyl (C=O) groups is 1. The van der Waals surface area contributed by atoms with Crippen LogP contribution in [0.5, 0.6) is 0 Å². The van der Waals surface area contributed by atoms with Crippen LogP contribution >= 0.6 is 0 Å². The molecule has 0 bridgehead atoms. The SMILES string of the molecule is CCOC(=O)c1nc2ccccc2n1S(=O)(=O)c1ccc(C)cc1. The van der Waals surface area contributed by atoms with E-state index < -0.39 is 16.0 Å². The first kappa shape index (κ1) is 16.2. The van der Waals surface area contributed by atoms with Crippen LogP contribution in [0.1, 0.15) is 23.1 Å². The molecule has 1 aromatic heterocycles. The van der Waals surface area contributed by atoms with Gasteiger partial charge in [0.2, 0.25) is 5.82 Å². The minimum Gasteiger partial charge on any atom is -0.460 e. The Morgan fingerprint density at radius 1 is 1.12 bits per heavy atom. The summed E-state index contributed by atoms with van der Waals surface area (Å²) in [6.07, 6.45) is 0. The van der Waals surface area contributed by atoms with Crippen molar-refractivity contribution in [1.82, 2.24) is 8.96 Å². The fraction of sp³-hybridized carbons (Fsp3) is 0.176. The minimum absolute atomic E-state index is 0.0850. The molecule has 6 nitrogen and oxygen atoms in total. The first-order chi connectivity index (χ1) is 11.4. The van der Waals surface area contributed by atoms with Gasteiger partial charge >= 0.3 is 5.97 Å². The molecule has 0 unspecified atom stereocenters. The third-order valence-electron chi connectivity index (χ3n) is 3.54. The van der Waals surface area contributed by atoms with E-state index in [9.17, 15) is 13.2 Å². The summed E-state index contributed by atoms with van der Waals surface area (Å²) in [7, 11) is -3.98. The Hall–Kier alpha value is -2.67. The first-order valence-corrected chi connectivity index (χ1v) is 8.86. The largest absolute Gasteiger partial charge is 0.460 e. The lowest BCUT2D eigenvalue weighted by atomic mass is 10.2. The number of hydrogen-bond donors (Lipinski definition) is 0. The molecule has 3 rings (SSSR count). The standard InChI is InChI=1S/C17H16N2O4S/c1-3-23-17(20)16-18-14-6-4-5-7-15(14)19(16)24(21,22)13-10-8-12(2)9-11-13/h4-11H,3H2,1-2H3. The number of nitrogens with zero attached hydrogens (tertiary/aromatic N) is 2. The molecule has 0 aliphatic carbocycles. The first-order valence-electron chi connectivity index (χ1n) is 7.42. The van der Waals surface area contributed by atoms with E-state index >= 15 is 0 Å². The predicted molar refractivity (Wildman–Crippen MR) is 89.5 cm³/mol. The molecule has 124 valence electrons. The summed E-state index contributed by atoms with van der Waals surface area (Å²) in [5.41, 5.74) is 1.69. The molecular formula is C17H16N2O4S. The van der Waals surface area contributed by atoms with E-state index in [1.54, 1.807) is 43.3 Å². The fourth-order valence-corrected chi connectivity index (χ4v) is 3.83. The van der Waals surface area contributed by atoms with Crippen LogP contribution in [0, 0.1) is 6.92 Å². The van der Waals surface area contributed by atoms with Gasteiger partial charge in [0.15, 0.2) is 0 Å². The molecule has 2 aromatic carbocycles. The number of para-hydroxylation sites is 2. The number of aromatic nitrogens is 2. The quantitative estimate of drug-likeness (QED) is 0.680. The molecule has 0 fully saturated rings. The van der Waals surface area contributed by atoms with Gasteiger partial charge in [-0.25, -0.2) is 22.2 Å². The number of aryl methyl sites for hydroxylation is 1. The molecule has 1 heterocycles. The topological polar surface area (TPSA) is 78.3 Å². The van der Waals surface area contributed by atoms with Crippen molar-refractivity contribution < 1.29 is 17.9 Å². The zero-order valence-electron chi connectivity index (χ0n) is 13.3. The van der Waals surface area contributed by atoms with Crippen molar-refractivity contribution in [3.05, 3.63) is 59.9 Å². The molecule has 7 heteroatoms. The van der Waals surface area contributed by atoms with Gasteiger partial charge in [0.1, 0.15) is 0 Å². The number of rotatable bonds is 4. The van der Waals surface area contributed by atoms with Gasteiger partial charge in [-0.05, 0) is 38.1 Å². The summed E-state index contributed by atoms with van der Waals surface area (Å²) in [5.74, 6) is -1.02. The van der Waals surface area contributed by atoms with Crippen molar-refractivity contribution in [2.24, 2.45) is 0 Å². The Morgan fingerprint density at radius 3 is 2.46 bits per heavy atom. The Bertz CT molecular complexity index is 1000. The van der Waals surface area contributed by atoms with Crippen molar-refractivity contribution in [3.8, 4) is 0 Å². The highest BCUT2D eigenvalue weighted by Crippen LogP contribution is 2.24. The van der Waals surface area contributed by atoms with Gasteiger partial charge in [0, 0.05) is 0 Å². The molecule has 0 aliphatic heterocycles. The smallest absolute Gasteiger partial charge is 0.375 e. The Labute approximate surface area is 139 Å². The lowest BCUT2D eigenvalue weighted by Gasteiger charge is -2.10. The van der Waals surface area contributed by atoms with Gasteiger partial charge < -0.3 is 4.74 Å². The van der Waals surface area contributed by atoms with E-state index in [0.717, 1.165) is 9.54 Å². The van der Waals surface area contributed by atoms with Crippen molar-refractivity contribution >= 4 is 27.0 Å². The fourth-order valence-electron chi connectivity index (χ4n) is 2.39. The lowest BCUT2D eigenvalue weighted by Crippen LogP contribution is -2.20. The van der Waals surface area contributed by atoms with Gasteiger partial charge in [-0.15, -0.1) is 0 Å². The molecule has 0 N–H and O–H groups in total. The van der Waals surface area contributed by atoms with E-state index in [-0.39, 0.29) is 17.3 Å². The van der Waals surface area contributed by atoms with Crippen LogP contribution in [0.15, 0.2) is 53.4 Å². The number of carbonyl (C=O) groups excluding carboxylic acids is 1. The molecule has 3 aromatic rings. The van der Waals surface area contributed by atoms with Gasteiger partial charge in [-0.2, -0.15) is 0 Å². The third kappa shape index (κ3) is 2.67.